The first-order valence-electron chi connectivity index (χ1n) is 3.48. The zero-order chi connectivity index (χ0) is 7.81. The number of hydrogen-bond acceptors (Lipinski definition) is 5. The minimum absolute atomic E-state index is 0.686. The van der Waals surface area contributed by atoms with E-state index in [9.17, 15) is 0 Å². The average molecular weight is 214 g/mol. The third-order valence-electron chi connectivity index (χ3n) is 1.67. The van der Waals surface area contributed by atoms with E-state index < -0.39 is 5.69 Å². The van der Waals surface area contributed by atoms with Crippen LogP contribution < -0.4 is 0 Å². The van der Waals surface area contributed by atoms with Crippen LogP contribution in [0.3, 0.4) is 0 Å². The fourth-order valence-corrected chi connectivity index (χ4v) is 11.8. The molecule has 0 bridgehead atoms. The fraction of sp³-hybridized carbons (Fsp3) is 1.00. The van der Waals surface area contributed by atoms with Gasteiger partial charge in [-0.05, 0) is 0 Å². The molecule has 2 aliphatic heterocycles. The van der Waals surface area contributed by atoms with E-state index in [-0.39, 0.29) is 0 Å². The molecule has 0 N–H and O–H groups in total. The Hall–Kier alpha value is 1.01. The minimum atomic E-state index is -2.62. The van der Waals surface area contributed by atoms with Gasteiger partial charge in [-0.25, -0.2) is 0 Å². The second kappa shape index (κ2) is 2.76. The Labute approximate surface area is 74.2 Å². The third kappa shape index (κ3) is 1.23. The maximum absolute atomic E-state index is 5.65. The van der Waals surface area contributed by atoms with Crippen LogP contribution in [0.1, 0.15) is 0 Å². The van der Waals surface area contributed by atoms with Crippen molar-refractivity contribution in [1.82, 2.24) is 0 Å². The van der Waals surface area contributed by atoms with Gasteiger partial charge >= 0.3 is 73.9 Å². The Kier molecular flexibility index (Phi) is 2.15. The fourth-order valence-electron chi connectivity index (χ4n) is 1.18. The van der Waals surface area contributed by atoms with Gasteiger partial charge in [0.2, 0.25) is 0 Å². The predicted octanol–water partition coefficient (Wildman–Crippen LogP) is 2.29. The molecule has 3 nitrogen and oxygen atoms in total. The summed E-state index contributed by atoms with van der Waals surface area (Å²) < 4.78 is 16.8. The van der Waals surface area contributed by atoms with Crippen LogP contribution in [0.5, 0.6) is 0 Å². The van der Waals surface area contributed by atoms with Gasteiger partial charge in [0.1, 0.15) is 0 Å². The van der Waals surface area contributed by atoms with Crippen molar-refractivity contribution in [3.05, 3.63) is 0 Å². The topological polar surface area (TPSA) is 27.7 Å². The molecule has 6 heteroatoms. The summed E-state index contributed by atoms with van der Waals surface area (Å²) in [6.45, 7) is 1.37. The monoisotopic (exact) mass is 214 g/mol. The molecule has 0 aliphatic carbocycles. The molecule has 2 saturated heterocycles. The summed E-state index contributed by atoms with van der Waals surface area (Å²) in [5.41, 5.74) is -2.62. The van der Waals surface area contributed by atoms with Gasteiger partial charge in [-0.3, -0.25) is 0 Å². The molecular formula is C5H11O3PS2. The average Bonchev–Trinajstić information content (AvgIpc) is 2.64. The van der Waals surface area contributed by atoms with Crippen molar-refractivity contribution in [3.63, 3.8) is 0 Å². The van der Waals surface area contributed by atoms with E-state index in [4.69, 9.17) is 13.6 Å². The van der Waals surface area contributed by atoms with Crippen molar-refractivity contribution in [3.8, 4) is 0 Å². The summed E-state index contributed by atoms with van der Waals surface area (Å²) in [7, 11) is 1.69. The van der Waals surface area contributed by atoms with Crippen LogP contribution in [0.4, 0.5) is 0 Å². The van der Waals surface area contributed by atoms with E-state index in [0.29, 0.717) is 13.2 Å². The van der Waals surface area contributed by atoms with Crippen LogP contribution in [-0.4, -0.2) is 31.8 Å². The van der Waals surface area contributed by atoms with E-state index in [1.807, 2.05) is 0 Å². The summed E-state index contributed by atoms with van der Waals surface area (Å²) in [4.78, 5) is 0. The molecule has 0 unspecified atom stereocenters. The molecule has 11 heavy (non-hydrogen) atoms. The quantitative estimate of drug-likeness (QED) is 0.624. The first-order chi connectivity index (χ1) is 5.29. The second-order valence-corrected chi connectivity index (χ2v) is 12.0. The number of rotatable bonds is 1. The van der Waals surface area contributed by atoms with Gasteiger partial charge in [-0.15, -0.1) is 0 Å². The summed E-state index contributed by atoms with van der Waals surface area (Å²) in [6.07, 6.45) is 0. The molecule has 2 aliphatic rings. The summed E-state index contributed by atoms with van der Waals surface area (Å²) in [5, 5.41) is 0. The van der Waals surface area contributed by atoms with Crippen molar-refractivity contribution in [2.45, 2.75) is 0 Å². The maximum atomic E-state index is 5.65. The SMILES string of the molecule is COP12(OCCO1)SCCS2. The van der Waals surface area contributed by atoms with Crippen LogP contribution in [0, 0.1) is 0 Å². The van der Waals surface area contributed by atoms with Crippen molar-refractivity contribution in [1.29, 1.82) is 0 Å². The Morgan fingerprint density at radius 1 is 1.18 bits per heavy atom. The van der Waals surface area contributed by atoms with Crippen LogP contribution in [0.2, 0.25) is 0 Å². The molecule has 0 aromatic heterocycles. The summed E-state index contributed by atoms with van der Waals surface area (Å²) in [6, 6.07) is 0. The molecule has 0 atom stereocenters. The van der Waals surface area contributed by atoms with E-state index >= 15 is 0 Å². The van der Waals surface area contributed by atoms with Gasteiger partial charge < -0.3 is 0 Å². The van der Waals surface area contributed by atoms with E-state index in [1.165, 1.54) is 0 Å². The van der Waals surface area contributed by atoms with Crippen molar-refractivity contribution in [2.24, 2.45) is 0 Å². The van der Waals surface area contributed by atoms with Crippen LogP contribution in [0.15, 0.2) is 0 Å². The third-order valence-corrected chi connectivity index (χ3v) is 13.0. The molecule has 2 rings (SSSR count). The molecule has 0 aromatic carbocycles. The summed E-state index contributed by atoms with van der Waals surface area (Å²) in [5.74, 6) is 2.16. The molecule has 0 amide bonds. The summed E-state index contributed by atoms with van der Waals surface area (Å²) >= 11 is 3.45. The second-order valence-electron chi connectivity index (χ2n) is 2.26. The van der Waals surface area contributed by atoms with Gasteiger partial charge in [0, 0.05) is 0 Å². The molecule has 66 valence electrons. The standard InChI is InChI=1S/C5H11O3PS2/c1-6-9(7-2-3-8-9)10-4-5-11-9/h2-5H2,1H3. The van der Waals surface area contributed by atoms with Crippen LogP contribution >= 0.6 is 28.5 Å². The molecule has 2 fully saturated rings. The van der Waals surface area contributed by atoms with E-state index in [2.05, 4.69) is 0 Å². The van der Waals surface area contributed by atoms with Gasteiger partial charge in [0.15, 0.2) is 0 Å². The van der Waals surface area contributed by atoms with Crippen molar-refractivity contribution >= 4 is 28.5 Å². The Morgan fingerprint density at radius 3 is 2.18 bits per heavy atom. The normalized spacial score (nSPS) is 37.0. The Morgan fingerprint density at radius 2 is 1.73 bits per heavy atom. The zero-order valence-electron chi connectivity index (χ0n) is 6.32. The molecule has 0 radical (unpaired) electrons. The van der Waals surface area contributed by atoms with Gasteiger partial charge in [-0.1, -0.05) is 0 Å². The van der Waals surface area contributed by atoms with Gasteiger partial charge in [0.25, 0.3) is 0 Å². The first-order valence-corrected chi connectivity index (χ1v) is 8.65. The molecule has 1 spiro atoms. The molecular weight excluding hydrogens is 203 g/mol. The van der Waals surface area contributed by atoms with Gasteiger partial charge in [-0.2, -0.15) is 0 Å². The molecule has 2 heterocycles. The van der Waals surface area contributed by atoms with Crippen molar-refractivity contribution < 1.29 is 13.6 Å². The Balaban J connectivity index is 2.24. The van der Waals surface area contributed by atoms with Crippen molar-refractivity contribution in [2.75, 3.05) is 31.8 Å². The number of hydrogen-bond donors (Lipinski definition) is 0. The van der Waals surface area contributed by atoms with E-state index in [1.54, 1.807) is 29.9 Å². The molecule has 0 saturated carbocycles. The van der Waals surface area contributed by atoms with Gasteiger partial charge in [0.05, 0.1) is 0 Å². The Bertz CT molecular complexity index is 142. The van der Waals surface area contributed by atoms with Crippen LogP contribution in [-0.2, 0) is 13.6 Å². The zero-order valence-corrected chi connectivity index (χ0v) is 8.84. The predicted molar refractivity (Wildman–Crippen MR) is 50.7 cm³/mol. The molecule has 0 aromatic rings. The van der Waals surface area contributed by atoms with Crippen LogP contribution in [0.25, 0.3) is 0 Å². The van der Waals surface area contributed by atoms with E-state index in [0.717, 1.165) is 11.5 Å². The first kappa shape index (κ1) is 8.60.